The number of halogens is 2. The molecule has 3 aromatic rings. The van der Waals surface area contributed by atoms with Gasteiger partial charge in [0.1, 0.15) is 16.7 Å². The summed E-state index contributed by atoms with van der Waals surface area (Å²) in [6.07, 6.45) is -0.504. The topological polar surface area (TPSA) is 93.7 Å². The van der Waals surface area contributed by atoms with E-state index in [4.69, 9.17) is 21.1 Å². The Morgan fingerprint density at radius 1 is 1.17 bits per heavy atom. The highest BCUT2D eigenvalue weighted by atomic mass is 79.9. The van der Waals surface area contributed by atoms with Crippen LogP contribution in [0.25, 0.3) is 10.2 Å². The largest absolute Gasteiger partial charge is 0.444 e. The number of hydrogen-bond donors (Lipinski definition) is 1. The van der Waals surface area contributed by atoms with Gasteiger partial charge >= 0.3 is 12.2 Å². The van der Waals surface area contributed by atoms with E-state index in [1.165, 1.54) is 27.6 Å². The average molecular weight is 618 g/mol. The maximum absolute atomic E-state index is 13.3. The number of anilines is 1. The summed E-state index contributed by atoms with van der Waals surface area (Å²) in [4.78, 5) is 37.7. The van der Waals surface area contributed by atoms with Crippen LogP contribution in [0.15, 0.2) is 22.0 Å². The summed E-state index contributed by atoms with van der Waals surface area (Å²) in [5, 5.41) is 4.82. The predicted octanol–water partition coefficient (Wildman–Crippen LogP) is 7.57. The van der Waals surface area contributed by atoms with Gasteiger partial charge in [0, 0.05) is 22.2 Å². The standard InChI is InChI=1S/C24H30BrClN4O4S2/c1-13(27-21(31)33-23(2,3)4)11-15-16(25)17-18(36-15)19(29-20(26)28-17)30(12-14-9-8-10-35-14)22(32)34-24(5,6)7/h8-10,13H,11-12H2,1-7H3,(H,27,31)/t13-/m0/s1. The molecule has 0 aromatic carbocycles. The number of carbonyl (C=O) groups is 2. The number of carbonyl (C=O) groups excluding carboxylic acids is 2. The lowest BCUT2D eigenvalue weighted by Gasteiger charge is -2.26. The number of nitrogens with zero attached hydrogens (tertiary/aromatic N) is 3. The molecule has 0 radical (unpaired) electrons. The molecule has 0 saturated heterocycles. The van der Waals surface area contributed by atoms with Gasteiger partial charge in [0.05, 0.1) is 15.7 Å². The zero-order valence-corrected chi connectivity index (χ0v) is 25.2. The van der Waals surface area contributed by atoms with Crippen LogP contribution in [-0.4, -0.2) is 39.4 Å². The van der Waals surface area contributed by atoms with Crippen LogP contribution in [0.3, 0.4) is 0 Å². The van der Waals surface area contributed by atoms with E-state index >= 15 is 0 Å². The molecule has 1 N–H and O–H groups in total. The highest BCUT2D eigenvalue weighted by molar-refractivity contribution is 9.10. The van der Waals surface area contributed by atoms with Crippen LogP contribution < -0.4 is 10.2 Å². The lowest BCUT2D eigenvalue weighted by Crippen LogP contribution is -2.38. The van der Waals surface area contributed by atoms with Gasteiger partial charge in [-0.25, -0.2) is 14.6 Å². The van der Waals surface area contributed by atoms with E-state index in [1.807, 2.05) is 66.0 Å². The molecule has 0 aliphatic rings. The van der Waals surface area contributed by atoms with Gasteiger partial charge in [-0.3, -0.25) is 4.90 Å². The van der Waals surface area contributed by atoms with Crippen LogP contribution in [0.5, 0.6) is 0 Å². The van der Waals surface area contributed by atoms with Crippen molar-refractivity contribution in [2.24, 2.45) is 0 Å². The first-order chi connectivity index (χ1) is 16.6. The maximum atomic E-state index is 13.3. The summed E-state index contributed by atoms with van der Waals surface area (Å²) in [5.74, 6) is 0.373. The molecule has 0 aliphatic carbocycles. The first kappa shape index (κ1) is 28.6. The molecule has 0 bridgehead atoms. The van der Waals surface area contributed by atoms with E-state index in [1.54, 1.807) is 0 Å². The van der Waals surface area contributed by atoms with Crippen molar-refractivity contribution in [2.75, 3.05) is 4.90 Å². The third kappa shape index (κ3) is 7.77. The van der Waals surface area contributed by atoms with Crippen molar-refractivity contribution >= 4 is 78.4 Å². The third-order valence-electron chi connectivity index (χ3n) is 4.52. The van der Waals surface area contributed by atoms with Gasteiger partial charge < -0.3 is 14.8 Å². The van der Waals surface area contributed by atoms with E-state index in [9.17, 15) is 9.59 Å². The first-order valence-corrected chi connectivity index (χ1v) is 14.2. The number of alkyl carbamates (subject to hydrolysis) is 1. The lowest BCUT2D eigenvalue weighted by atomic mass is 10.2. The molecule has 1 atom stereocenters. The second kappa shape index (κ2) is 11.2. The normalized spacial score (nSPS) is 12.9. The summed E-state index contributed by atoms with van der Waals surface area (Å²) in [7, 11) is 0. The number of amides is 2. The molecule has 0 spiro atoms. The number of thiophene rings is 2. The van der Waals surface area contributed by atoms with Crippen LogP contribution in [-0.2, 0) is 22.4 Å². The molecule has 8 nitrogen and oxygen atoms in total. The van der Waals surface area contributed by atoms with Crippen molar-refractivity contribution in [1.29, 1.82) is 0 Å². The number of nitrogens with one attached hydrogen (secondary N) is 1. The number of hydrogen-bond acceptors (Lipinski definition) is 8. The van der Waals surface area contributed by atoms with E-state index in [0.717, 1.165) is 14.2 Å². The number of ether oxygens (including phenoxy) is 2. The van der Waals surface area contributed by atoms with Gasteiger partial charge in [0.25, 0.3) is 0 Å². The summed E-state index contributed by atoms with van der Waals surface area (Å²) in [5.41, 5.74) is -0.684. The molecule has 0 fully saturated rings. The molecule has 3 rings (SSSR count). The zero-order valence-electron chi connectivity index (χ0n) is 21.3. The van der Waals surface area contributed by atoms with Crippen LogP contribution >= 0.6 is 50.2 Å². The molecule has 3 aromatic heterocycles. The summed E-state index contributed by atoms with van der Waals surface area (Å²) in [6, 6.07) is 3.65. The minimum absolute atomic E-state index is 0.0159. The van der Waals surface area contributed by atoms with Crippen LogP contribution in [0.1, 0.15) is 58.2 Å². The quantitative estimate of drug-likeness (QED) is 0.287. The van der Waals surface area contributed by atoms with Crippen molar-refractivity contribution in [3.63, 3.8) is 0 Å². The van der Waals surface area contributed by atoms with Gasteiger partial charge in [0.2, 0.25) is 5.28 Å². The summed E-state index contributed by atoms with van der Waals surface area (Å²) >= 11 is 12.9. The molecule has 0 saturated carbocycles. The fourth-order valence-electron chi connectivity index (χ4n) is 3.21. The Kier molecular flexibility index (Phi) is 8.91. The minimum Gasteiger partial charge on any atom is -0.444 e. The molecule has 2 amide bonds. The molecular weight excluding hydrogens is 588 g/mol. The molecule has 12 heteroatoms. The Morgan fingerprint density at radius 2 is 1.83 bits per heavy atom. The third-order valence-corrected chi connectivity index (χ3v) is 7.86. The van der Waals surface area contributed by atoms with E-state index < -0.39 is 23.4 Å². The summed E-state index contributed by atoms with van der Waals surface area (Å²) in [6.45, 7) is 13.1. The monoisotopic (exact) mass is 616 g/mol. The highest BCUT2D eigenvalue weighted by Crippen LogP contribution is 2.41. The maximum Gasteiger partial charge on any atom is 0.416 e. The fraction of sp³-hybridized carbons (Fsp3) is 0.500. The smallest absolute Gasteiger partial charge is 0.416 e. The number of fused-ring (bicyclic) bond motifs is 1. The van der Waals surface area contributed by atoms with Crippen molar-refractivity contribution in [1.82, 2.24) is 15.3 Å². The van der Waals surface area contributed by atoms with Crippen LogP contribution in [0, 0.1) is 0 Å². The zero-order chi connectivity index (χ0) is 26.8. The second-order valence-corrected chi connectivity index (χ2v) is 13.5. The Morgan fingerprint density at radius 3 is 2.42 bits per heavy atom. The van der Waals surface area contributed by atoms with E-state index in [0.29, 0.717) is 22.5 Å². The van der Waals surface area contributed by atoms with Crippen LogP contribution in [0.2, 0.25) is 5.28 Å². The van der Waals surface area contributed by atoms with Gasteiger partial charge in [-0.1, -0.05) is 6.07 Å². The Hall–Kier alpha value is -1.95. The second-order valence-electron chi connectivity index (χ2n) is 10.2. The van der Waals surface area contributed by atoms with Crippen LogP contribution in [0.4, 0.5) is 15.4 Å². The highest BCUT2D eigenvalue weighted by Gasteiger charge is 2.29. The van der Waals surface area contributed by atoms with E-state index in [-0.39, 0.29) is 17.9 Å². The van der Waals surface area contributed by atoms with Gasteiger partial charge in [-0.2, -0.15) is 4.98 Å². The first-order valence-electron chi connectivity index (χ1n) is 11.3. The Bertz CT molecular complexity index is 1240. The van der Waals surface area contributed by atoms with Crippen molar-refractivity contribution in [2.45, 2.75) is 78.7 Å². The van der Waals surface area contributed by atoms with Crippen molar-refractivity contribution in [3.8, 4) is 0 Å². The van der Waals surface area contributed by atoms with E-state index in [2.05, 4.69) is 31.2 Å². The average Bonchev–Trinajstić information content (AvgIpc) is 3.32. The fourth-order valence-corrected chi connectivity index (χ4v) is 6.15. The minimum atomic E-state index is -0.690. The summed E-state index contributed by atoms with van der Waals surface area (Å²) < 4.78 is 12.5. The molecule has 0 aliphatic heterocycles. The van der Waals surface area contributed by atoms with Crippen molar-refractivity contribution < 1.29 is 19.1 Å². The number of rotatable bonds is 6. The molecule has 3 heterocycles. The van der Waals surface area contributed by atoms with Gasteiger partial charge in [-0.15, -0.1) is 22.7 Å². The van der Waals surface area contributed by atoms with Crippen molar-refractivity contribution in [3.05, 3.63) is 37.0 Å². The Balaban J connectivity index is 1.98. The lowest BCUT2D eigenvalue weighted by molar-refractivity contribution is 0.0507. The molecule has 36 heavy (non-hydrogen) atoms. The predicted molar refractivity (Wildman–Crippen MR) is 149 cm³/mol. The molecule has 196 valence electrons. The molecule has 0 unspecified atom stereocenters. The Labute approximate surface area is 232 Å². The molecular formula is C24H30BrClN4O4S2. The SMILES string of the molecule is C[C@@H](Cc1sc2c(N(Cc3cccs3)C(=O)OC(C)(C)C)nc(Cl)nc2c1Br)NC(=O)OC(C)(C)C. The van der Waals surface area contributed by atoms with Gasteiger partial charge in [-0.05, 0) is 87.4 Å². The van der Waals surface area contributed by atoms with Gasteiger partial charge in [0.15, 0.2) is 5.82 Å². The number of aromatic nitrogens is 2.